The van der Waals surface area contributed by atoms with E-state index in [1.54, 1.807) is 0 Å². The number of fused-ring (bicyclic) bond motifs is 1. The van der Waals surface area contributed by atoms with Crippen LogP contribution in [0, 0.1) is 5.95 Å². The highest BCUT2D eigenvalue weighted by atomic mass is 19.1. The largest absolute Gasteiger partial charge is 0.491 e. The zero-order valence-corrected chi connectivity index (χ0v) is 9.71. The molecule has 4 nitrogen and oxygen atoms in total. The van der Waals surface area contributed by atoms with Crippen LogP contribution >= 0.6 is 0 Å². The van der Waals surface area contributed by atoms with Gasteiger partial charge in [0.15, 0.2) is 0 Å². The Morgan fingerprint density at radius 2 is 2.11 bits per heavy atom. The summed E-state index contributed by atoms with van der Waals surface area (Å²) in [6.07, 6.45) is 1.24. The molecule has 0 unspecified atom stereocenters. The van der Waals surface area contributed by atoms with Gasteiger partial charge in [-0.05, 0) is 6.07 Å². The Labute approximate surface area is 104 Å². The average Bonchev–Trinajstić information content (AvgIpc) is 2.60. The number of anilines is 1. The second-order valence-corrected chi connectivity index (χ2v) is 4.08. The van der Waals surface area contributed by atoms with Crippen LogP contribution in [0.4, 0.5) is 10.2 Å². The summed E-state index contributed by atoms with van der Waals surface area (Å²) in [7, 11) is 0. The maximum absolute atomic E-state index is 13.1. The molecule has 1 aromatic carbocycles. The van der Waals surface area contributed by atoms with E-state index in [-0.39, 0.29) is 0 Å². The van der Waals surface area contributed by atoms with Crippen molar-refractivity contribution in [1.29, 1.82) is 0 Å². The molecule has 0 radical (unpaired) electrons. The van der Waals surface area contributed by atoms with Crippen LogP contribution in [0.3, 0.4) is 0 Å². The molecule has 0 spiro atoms. The number of para-hydroxylation sites is 1. The quantitative estimate of drug-likeness (QED) is 0.720. The van der Waals surface area contributed by atoms with E-state index in [1.165, 1.54) is 12.4 Å². The lowest BCUT2D eigenvalue weighted by molar-refractivity contribution is 0.331. The molecule has 0 fully saturated rings. The molecular weight excluding hydrogens is 233 g/mol. The Bertz CT molecular complexity index is 561. The molecule has 1 aromatic heterocycles. The van der Waals surface area contributed by atoms with Gasteiger partial charge in [0, 0.05) is 18.2 Å². The van der Waals surface area contributed by atoms with Crippen LogP contribution in [0.25, 0.3) is 0 Å². The fourth-order valence-corrected chi connectivity index (χ4v) is 2.02. The molecule has 0 bridgehead atoms. The highest BCUT2D eigenvalue weighted by Gasteiger charge is 2.16. The first-order valence-corrected chi connectivity index (χ1v) is 5.76. The van der Waals surface area contributed by atoms with E-state index in [4.69, 9.17) is 4.74 Å². The Kier molecular flexibility index (Phi) is 2.80. The van der Waals surface area contributed by atoms with Crippen molar-refractivity contribution in [2.45, 2.75) is 6.54 Å². The zero-order valence-electron chi connectivity index (χ0n) is 9.71. The van der Waals surface area contributed by atoms with Gasteiger partial charge in [0.2, 0.25) is 5.95 Å². The molecule has 92 valence electrons. The lowest BCUT2D eigenvalue weighted by Gasteiger charge is -2.20. The SMILES string of the molecule is Fc1cc(N2CCOc3ccccc3C2)ncn1. The van der Waals surface area contributed by atoms with Crippen molar-refractivity contribution < 1.29 is 9.13 Å². The monoisotopic (exact) mass is 245 g/mol. The normalized spacial score (nSPS) is 14.6. The van der Waals surface area contributed by atoms with Crippen molar-refractivity contribution in [3.63, 3.8) is 0 Å². The van der Waals surface area contributed by atoms with Crippen molar-refractivity contribution in [3.05, 3.63) is 48.2 Å². The van der Waals surface area contributed by atoms with E-state index in [0.29, 0.717) is 25.5 Å². The van der Waals surface area contributed by atoms with E-state index >= 15 is 0 Å². The lowest BCUT2D eigenvalue weighted by Crippen LogP contribution is -2.26. The number of halogens is 1. The Morgan fingerprint density at radius 1 is 1.22 bits per heavy atom. The topological polar surface area (TPSA) is 38.2 Å². The molecule has 1 aliphatic heterocycles. The van der Waals surface area contributed by atoms with Crippen molar-refractivity contribution >= 4 is 5.82 Å². The van der Waals surface area contributed by atoms with E-state index in [0.717, 1.165) is 11.3 Å². The molecule has 0 saturated carbocycles. The second-order valence-electron chi connectivity index (χ2n) is 4.08. The van der Waals surface area contributed by atoms with E-state index in [1.807, 2.05) is 29.2 Å². The predicted octanol–water partition coefficient (Wildman–Crippen LogP) is 2.01. The molecule has 18 heavy (non-hydrogen) atoms. The third kappa shape index (κ3) is 2.11. The summed E-state index contributed by atoms with van der Waals surface area (Å²) in [6, 6.07) is 9.20. The Balaban J connectivity index is 1.91. The standard InChI is InChI=1S/C13H12FN3O/c14-12-7-13(16-9-15-12)17-5-6-18-11-4-2-1-3-10(11)8-17/h1-4,7,9H,5-6,8H2. The minimum absolute atomic E-state index is 0.515. The van der Waals surface area contributed by atoms with Gasteiger partial charge in [0.1, 0.15) is 24.5 Å². The number of nitrogens with zero attached hydrogens (tertiary/aromatic N) is 3. The first kappa shape index (κ1) is 11.0. The first-order valence-electron chi connectivity index (χ1n) is 5.76. The van der Waals surface area contributed by atoms with E-state index < -0.39 is 5.95 Å². The fourth-order valence-electron chi connectivity index (χ4n) is 2.02. The molecule has 0 amide bonds. The van der Waals surface area contributed by atoms with Crippen LogP contribution in [-0.4, -0.2) is 23.1 Å². The molecule has 0 saturated heterocycles. The van der Waals surface area contributed by atoms with Gasteiger partial charge in [0.25, 0.3) is 0 Å². The maximum atomic E-state index is 13.1. The molecule has 1 aliphatic rings. The molecule has 5 heteroatoms. The van der Waals surface area contributed by atoms with E-state index in [9.17, 15) is 4.39 Å². The number of benzene rings is 1. The van der Waals surface area contributed by atoms with Crippen LogP contribution < -0.4 is 9.64 Å². The summed E-state index contributed by atoms with van der Waals surface area (Å²) in [6.45, 7) is 1.89. The maximum Gasteiger partial charge on any atom is 0.218 e. The van der Waals surface area contributed by atoms with E-state index in [2.05, 4.69) is 9.97 Å². The summed E-state index contributed by atoms with van der Waals surface area (Å²) in [5.74, 6) is 0.954. The van der Waals surface area contributed by atoms with Gasteiger partial charge in [-0.15, -0.1) is 0 Å². The van der Waals surface area contributed by atoms with Gasteiger partial charge in [0.05, 0.1) is 6.54 Å². The molecule has 3 rings (SSSR count). The third-order valence-corrected chi connectivity index (χ3v) is 2.90. The minimum atomic E-state index is -0.515. The van der Waals surface area contributed by atoms with Crippen molar-refractivity contribution in [3.8, 4) is 5.75 Å². The lowest BCUT2D eigenvalue weighted by atomic mass is 10.2. The summed E-state index contributed by atoms with van der Waals surface area (Å²) in [4.78, 5) is 9.55. The van der Waals surface area contributed by atoms with Crippen LogP contribution in [-0.2, 0) is 6.54 Å². The molecule has 0 aliphatic carbocycles. The van der Waals surface area contributed by atoms with Crippen molar-refractivity contribution in [2.24, 2.45) is 0 Å². The summed E-state index contributed by atoms with van der Waals surface area (Å²) >= 11 is 0. The number of hydrogen-bond acceptors (Lipinski definition) is 4. The predicted molar refractivity (Wildman–Crippen MR) is 65.0 cm³/mol. The molecule has 2 aromatic rings. The molecular formula is C13H12FN3O. The Morgan fingerprint density at radius 3 is 3.00 bits per heavy atom. The minimum Gasteiger partial charge on any atom is -0.491 e. The molecule has 0 atom stereocenters. The first-order chi connectivity index (χ1) is 8.83. The number of hydrogen-bond donors (Lipinski definition) is 0. The molecule has 0 N–H and O–H groups in total. The van der Waals surface area contributed by atoms with Gasteiger partial charge in [-0.1, -0.05) is 18.2 Å². The van der Waals surface area contributed by atoms with Gasteiger partial charge < -0.3 is 9.64 Å². The van der Waals surface area contributed by atoms with Crippen molar-refractivity contribution in [1.82, 2.24) is 9.97 Å². The summed E-state index contributed by atoms with van der Waals surface area (Å²) in [5.41, 5.74) is 1.08. The summed E-state index contributed by atoms with van der Waals surface area (Å²) < 4.78 is 18.8. The zero-order chi connectivity index (χ0) is 12.4. The second kappa shape index (κ2) is 4.60. The summed E-state index contributed by atoms with van der Waals surface area (Å²) in [5, 5.41) is 0. The van der Waals surface area contributed by atoms with Gasteiger partial charge in [-0.3, -0.25) is 0 Å². The van der Waals surface area contributed by atoms with Crippen LogP contribution in [0.1, 0.15) is 5.56 Å². The third-order valence-electron chi connectivity index (χ3n) is 2.90. The smallest absolute Gasteiger partial charge is 0.218 e. The van der Waals surface area contributed by atoms with Gasteiger partial charge in [-0.2, -0.15) is 4.39 Å². The number of aromatic nitrogens is 2. The fraction of sp³-hybridized carbons (Fsp3) is 0.231. The number of ether oxygens (including phenoxy) is 1. The van der Waals surface area contributed by atoms with Gasteiger partial charge >= 0.3 is 0 Å². The number of rotatable bonds is 1. The van der Waals surface area contributed by atoms with Crippen LogP contribution in [0.15, 0.2) is 36.7 Å². The highest BCUT2D eigenvalue weighted by molar-refractivity contribution is 5.43. The van der Waals surface area contributed by atoms with Crippen molar-refractivity contribution in [2.75, 3.05) is 18.1 Å². The molecule has 2 heterocycles. The van der Waals surface area contributed by atoms with Crippen LogP contribution in [0.5, 0.6) is 5.75 Å². The Hall–Kier alpha value is -2.17. The van der Waals surface area contributed by atoms with Crippen LogP contribution in [0.2, 0.25) is 0 Å². The highest BCUT2D eigenvalue weighted by Crippen LogP contribution is 2.24. The average molecular weight is 245 g/mol. The van der Waals surface area contributed by atoms with Gasteiger partial charge in [-0.25, -0.2) is 9.97 Å².